The summed E-state index contributed by atoms with van der Waals surface area (Å²) in [4.78, 5) is 0. The van der Waals surface area contributed by atoms with Gasteiger partial charge in [0, 0.05) is 6.42 Å². The molecular formula is C10H16N2OS. The minimum absolute atomic E-state index is 0.509. The van der Waals surface area contributed by atoms with E-state index in [4.69, 9.17) is 0 Å². The van der Waals surface area contributed by atoms with Gasteiger partial charge in [0.15, 0.2) is 0 Å². The van der Waals surface area contributed by atoms with Crippen LogP contribution in [0.5, 0.6) is 0 Å². The SMILES string of the molecule is Cc1nnc(CC2(O)CCC(C)C2)s1. The highest BCUT2D eigenvalue weighted by molar-refractivity contribution is 7.11. The third-order valence-electron chi connectivity index (χ3n) is 2.88. The monoisotopic (exact) mass is 212 g/mol. The molecule has 1 aromatic heterocycles. The molecule has 14 heavy (non-hydrogen) atoms. The van der Waals surface area contributed by atoms with Gasteiger partial charge in [0.05, 0.1) is 5.60 Å². The van der Waals surface area contributed by atoms with E-state index in [2.05, 4.69) is 17.1 Å². The zero-order valence-electron chi connectivity index (χ0n) is 8.66. The Morgan fingerprint density at radius 2 is 2.36 bits per heavy atom. The van der Waals surface area contributed by atoms with Crippen molar-refractivity contribution in [1.29, 1.82) is 0 Å². The molecule has 0 radical (unpaired) electrons. The largest absolute Gasteiger partial charge is 0.389 e. The number of hydrogen-bond donors (Lipinski definition) is 1. The number of aromatic nitrogens is 2. The molecule has 2 atom stereocenters. The van der Waals surface area contributed by atoms with Crippen LogP contribution in [0.25, 0.3) is 0 Å². The first-order chi connectivity index (χ1) is 6.57. The van der Waals surface area contributed by atoms with Gasteiger partial charge in [-0.3, -0.25) is 0 Å². The molecule has 0 bridgehead atoms. The van der Waals surface area contributed by atoms with Crippen LogP contribution in [0.2, 0.25) is 0 Å². The summed E-state index contributed by atoms with van der Waals surface area (Å²) in [5, 5.41) is 20.2. The van der Waals surface area contributed by atoms with Crippen LogP contribution in [0.1, 0.15) is 36.2 Å². The van der Waals surface area contributed by atoms with Crippen LogP contribution in [0.4, 0.5) is 0 Å². The van der Waals surface area contributed by atoms with Gasteiger partial charge in [-0.25, -0.2) is 0 Å². The Bertz CT molecular complexity index is 326. The zero-order chi connectivity index (χ0) is 10.2. The topological polar surface area (TPSA) is 46.0 Å². The molecule has 0 aromatic carbocycles. The third-order valence-corrected chi connectivity index (χ3v) is 3.72. The summed E-state index contributed by atoms with van der Waals surface area (Å²) >= 11 is 1.59. The minimum atomic E-state index is -0.509. The summed E-state index contributed by atoms with van der Waals surface area (Å²) in [6.07, 6.45) is 3.63. The lowest BCUT2D eigenvalue weighted by atomic mass is 9.97. The Labute approximate surface area is 88.2 Å². The lowest BCUT2D eigenvalue weighted by Gasteiger charge is -2.20. The first-order valence-corrected chi connectivity index (χ1v) is 5.90. The van der Waals surface area contributed by atoms with Gasteiger partial charge in [-0.2, -0.15) is 0 Å². The summed E-state index contributed by atoms with van der Waals surface area (Å²) < 4.78 is 0. The lowest BCUT2D eigenvalue weighted by molar-refractivity contribution is 0.0444. The quantitative estimate of drug-likeness (QED) is 0.815. The first-order valence-electron chi connectivity index (χ1n) is 5.09. The molecule has 2 unspecified atom stereocenters. The molecule has 0 aliphatic heterocycles. The predicted octanol–water partition coefficient (Wildman–Crippen LogP) is 1.94. The second kappa shape index (κ2) is 3.59. The van der Waals surface area contributed by atoms with Crippen molar-refractivity contribution in [3.05, 3.63) is 10.0 Å². The van der Waals surface area contributed by atoms with Gasteiger partial charge >= 0.3 is 0 Å². The maximum Gasteiger partial charge on any atom is 0.120 e. The van der Waals surface area contributed by atoms with Crippen molar-refractivity contribution < 1.29 is 5.11 Å². The van der Waals surface area contributed by atoms with Crippen LogP contribution in [-0.4, -0.2) is 20.9 Å². The highest BCUT2D eigenvalue weighted by Crippen LogP contribution is 2.36. The summed E-state index contributed by atoms with van der Waals surface area (Å²) in [5.74, 6) is 0.647. The van der Waals surface area contributed by atoms with Crippen molar-refractivity contribution in [3.63, 3.8) is 0 Å². The lowest BCUT2D eigenvalue weighted by Crippen LogP contribution is -2.27. The van der Waals surface area contributed by atoms with Crippen molar-refractivity contribution in [2.75, 3.05) is 0 Å². The number of rotatable bonds is 2. The predicted molar refractivity (Wildman–Crippen MR) is 56.3 cm³/mol. The van der Waals surface area contributed by atoms with Gasteiger partial charge in [0.2, 0.25) is 0 Å². The fraction of sp³-hybridized carbons (Fsp3) is 0.800. The number of hydrogen-bond acceptors (Lipinski definition) is 4. The molecule has 1 aromatic rings. The summed E-state index contributed by atoms with van der Waals surface area (Å²) in [6.45, 7) is 4.14. The highest BCUT2D eigenvalue weighted by Gasteiger charge is 2.36. The molecule has 3 nitrogen and oxygen atoms in total. The van der Waals surface area contributed by atoms with Crippen molar-refractivity contribution in [2.24, 2.45) is 5.92 Å². The van der Waals surface area contributed by atoms with Crippen LogP contribution in [0, 0.1) is 12.8 Å². The number of aliphatic hydroxyl groups is 1. The van der Waals surface area contributed by atoms with Crippen LogP contribution in [0.3, 0.4) is 0 Å². The number of aryl methyl sites for hydroxylation is 1. The molecule has 0 amide bonds. The second-order valence-electron chi connectivity index (χ2n) is 4.46. The molecule has 1 aliphatic rings. The van der Waals surface area contributed by atoms with E-state index in [0.29, 0.717) is 12.3 Å². The molecule has 1 fully saturated rings. The summed E-state index contributed by atoms with van der Waals surface area (Å²) in [5.41, 5.74) is -0.509. The molecular weight excluding hydrogens is 196 g/mol. The average Bonchev–Trinajstić information content (AvgIpc) is 2.60. The van der Waals surface area contributed by atoms with E-state index < -0.39 is 5.60 Å². The molecule has 1 aliphatic carbocycles. The summed E-state index contributed by atoms with van der Waals surface area (Å²) in [6, 6.07) is 0. The zero-order valence-corrected chi connectivity index (χ0v) is 9.47. The number of nitrogens with zero attached hydrogens (tertiary/aromatic N) is 2. The van der Waals surface area contributed by atoms with Gasteiger partial charge in [-0.05, 0) is 32.1 Å². The smallest absolute Gasteiger partial charge is 0.120 e. The fourth-order valence-electron chi connectivity index (χ4n) is 2.22. The summed E-state index contributed by atoms with van der Waals surface area (Å²) in [7, 11) is 0. The van der Waals surface area contributed by atoms with Crippen LogP contribution in [0.15, 0.2) is 0 Å². The maximum absolute atomic E-state index is 10.3. The Hall–Kier alpha value is -0.480. The van der Waals surface area contributed by atoms with Gasteiger partial charge in [-0.1, -0.05) is 6.92 Å². The van der Waals surface area contributed by atoms with Crippen molar-refractivity contribution in [2.45, 2.75) is 45.1 Å². The third kappa shape index (κ3) is 2.12. The van der Waals surface area contributed by atoms with Gasteiger partial charge < -0.3 is 5.11 Å². The van der Waals surface area contributed by atoms with E-state index in [1.807, 2.05) is 6.92 Å². The van der Waals surface area contributed by atoms with E-state index in [-0.39, 0.29) is 0 Å². The Morgan fingerprint density at radius 1 is 1.57 bits per heavy atom. The molecule has 78 valence electrons. The average molecular weight is 212 g/mol. The van der Waals surface area contributed by atoms with Crippen LogP contribution >= 0.6 is 11.3 Å². The molecule has 4 heteroatoms. The highest BCUT2D eigenvalue weighted by atomic mass is 32.1. The van der Waals surface area contributed by atoms with Gasteiger partial charge in [0.25, 0.3) is 0 Å². The van der Waals surface area contributed by atoms with Gasteiger partial charge in [0.1, 0.15) is 10.0 Å². The molecule has 0 spiro atoms. The van der Waals surface area contributed by atoms with E-state index >= 15 is 0 Å². The van der Waals surface area contributed by atoms with Crippen LogP contribution in [-0.2, 0) is 6.42 Å². The first kappa shape index (κ1) is 10.1. The van der Waals surface area contributed by atoms with Crippen LogP contribution < -0.4 is 0 Å². The van der Waals surface area contributed by atoms with E-state index in [1.165, 1.54) is 0 Å². The standard InChI is InChI=1S/C10H16N2OS/c1-7-3-4-10(13,5-7)6-9-12-11-8(2)14-9/h7,13H,3-6H2,1-2H3. The Morgan fingerprint density at radius 3 is 2.86 bits per heavy atom. The van der Waals surface area contributed by atoms with Crippen molar-refractivity contribution >= 4 is 11.3 Å². The Kier molecular flexibility index (Phi) is 2.58. The van der Waals surface area contributed by atoms with E-state index in [0.717, 1.165) is 29.3 Å². The molecule has 1 heterocycles. The minimum Gasteiger partial charge on any atom is -0.389 e. The van der Waals surface area contributed by atoms with Crippen molar-refractivity contribution in [1.82, 2.24) is 10.2 Å². The molecule has 2 rings (SSSR count). The second-order valence-corrected chi connectivity index (χ2v) is 5.73. The Balaban J connectivity index is 2.03. The normalized spacial score (nSPS) is 32.4. The molecule has 1 saturated carbocycles. The van der Waals surface area contributed by atoms with E-state index in [1.54, 1.807) is 11.3 Å². The van der Waals surface area contributed by atoms with Crippen molar-refractivity contribution in [3.8, 4) is 0 Å². The van der Waals surface area contributed by atoms with E-state index in [9.17, 15) is 5.11 Å². The molecule has 1 N–H and O–H groups in total. The maximum atomic E-state index is 10.3. The molecule has 0 saturated heterocycles. The van der Waals surface area contributed by atoms with Gasteiger partial charge in [-0.15, -0.1) is 21.5 Å². The fourth-order valence-corrected chi connectivity index (χ4v) is 3.06.